The average Bonchev–Trinajstić information content (AvgIpc) is 2.83. The minimum absolute atomic E-state index is 0.231. The maximum absolute atomic E-state index is 14.0. The molecule has 8 heteroatoms. The summed E-state index contributed by atoms with van der Waals surface area (Å²) in [4.78, 5) is 40.3. The van der Waals surface area contributed by atoms with Gasteiger partial charge in [0.05, 0.1) is 12.5 Å². The van der Waals surface area contributed by atoms with Gasteiger partial charge in [-0.1, -0.05) is 0 Å². The van der Waals surface area contributed by atoms with Gasteiger partial charge in [-0.15, -0.1) is 0 Å². The molecule has 2 aliphatic rings. The third-order valence-corrected chi connectivity index (χ3v) is 5.20. The number of halogens is 1. The Hall–Kier alpha value is -2.64. The third kappa shape index (κ3) is 3.55. The van der Waals surface area contributed by atoms with Gasteiger partial charge in [-0.05, 0) is 57.4 Å². The highest BCUT2D eigenvalue weighted by atomic mass is 19.1. The van der Waals surface area contributed by atoms with Crippen LogP contribution in [0.5, 0.6) is 0 Å². The molecule has 0 N–H and O–H groups in total. The number of nitrogens with zero attached hydrogens (tertiary/aromatic N) is 2. The molecule has 2 amide bonds. The normalized spacial score (nSPS) is 18.2. The van der Waals surface area contributed by atoms with E-state index in [1.165, 1.54) is 30.2 Å². The number of amides is 2. The predicted molar refractivity (Wildman–Crippen MR) is 99.5 cm³/mol. The van der Waals surface area contributed by atoms with E-state index in [2.05, 4.69) is 0 Å². The largest absolute Gasteiger partial charge is 0.468 e. The molecular formula is C20H25FN2O5. The number of methoxy groups -OCH3 is 1. The average molecular weight is 392 g/mol. The van der Waals surface area contributed by atoms with Crippen LogP contribution in [0.4, 0.5) is 14.9 Å². The number of hydrogen-bond donors (Lipinski definition) is 0. The van der Waals surface area contributed by atoms with Crippen LogP contribution >= 0.6 is 0 Å². The van der Waals surface area contributed by atoms with E-state index in [4.69, 9.17) is 9.47 Å². The molecule has 3 rings (SSSR count). The van der Waals surface area contributed by atoms with Crippen molar-refractivity contribution in [3.63, 3.8) is 0 Å². The molecule has 7 nitrogen and oxygen atoms in total. The summed E-state index contributed by atoms with van der Waals surface area (Å²) in [6, 6.07) is 4.14. The lowest BCUT2D eigenvalue weighted by atomic mass is 9.73. The second kappa shape index (κ2) is 7.07. The van der Waals surface area contributed by atoms with Gasteiger partial charge < -0.3 is 19.3 Å². The Morgan fingerprint density at radius 3 is 2.43 bits per heavy atom. The smallest absolute Gasteiger partial charge is 0.410 e. The van der Waals surface area contributed by atoms with Crippen molar-refractivity contribution < 1.29 is 28.2 Å². The lowest BCUT2D eigenvalue weighted by Crippen LogP contribution is -2.51. The molecule has 28 heavy (non-hydrogen) atoms. The van der Waals surface area contributed by atoms with Gasteiger partial charge in [0, 0.05) is 18.8 Å². The molecule has 0 aliphatic carbocycles. The van der Waals surface area contributed by atoms with Crippen LogP contribution in [0, 0.1) is 5.82 Å². The van der Waals surface area contributed by atoms with Crippen molar-refractivity contribution in [2.75, 3.05) is 31.6 Å². The monoisotopic (exact) mass is 392 g/mol. The molecule has 0 bridgehead atoms. The number of likely N-dealkylation sites (tertiary alicyclic amines) is 1. The van der Waals surface area contributed by atoms with Gasteiger partial charge in [0.15, 0.2) is 0 Å². The zero-order valence-corrected chi connectivity index (χ0v) is 16.6. The summed E-state index contributed by atoms with van der Waals surface area (Å²) in [5.74, 6) is -1.25. The van der Waals surface area contributed by atoms with Crippen LogP contribution in [0.2, 0.25) is 0 Å². The first-order valence-corrected chi connectivity index (χ1v) is 9.24. The zero-order valence-electron chi connectivity index (χ0n) is 16.6. The summed E-state index contributed by atoms with van der Waals surface area (Å²) in [5, 5.41) is 0. The van der Waals surface area contributed by atoms with E-state index < -0.39 is 28.9 Å². The van der Waals surface area contributed by atoms with Gasteiger partial charge in [0.2, 0.25) is 5.91 Å². The van der Waals surface area contributed by atoms with Gasteiger partial charge in [0.25, 0.3) is 0 Å². The maximum atomic E-state index is 14.0. The van der Waals surface area contributed by atoms with Gasteiger partial charge in [-0.2, -0.15) is 0 Å². The fraction of sp³-hybridized carbons (Fsp3) is 0.550. The Morgan fingerprint density at radius 1 is 1.21 bits per heavy atom. The number of hydrogen-bond acceptors (Lipinski definition) is 5. The quantitative estimate of drug-likeness (QED) is 0.723. The predicted octanol–water partition coefficient (Wildman–Crippen LogP) is 2.61. The van der Waals surface area contributed by atoms with Gasteiger partial charge >= 0.3 is 12.1 Å². The van der Waals surface area contributed by atoms with Crippen molar-refractivity contribution in [3.05, 3.63) is 29.6 Å². The number of benzene rings is 1. The molecule has 1 aromatic rings. The lowest BCUT2D eigenvalue weighted by molar-refractivity contribution is -0.140. The molecule has 152 valence electrons. The summed E-state index contributed by atoms with van der Waals surface area (Å²) in [6.07, 6.45) is 0.233. The van der Waals surface area contributed by atoms with E-state index in [1.807, 2.05) is 0 Å². The highest BCUT2D eigenvalue weighted by Crippen LogP contribution is 2.48. The number of carbonyl (C=O) groups excluding carboxylic acids is 3. The SMILES string of the molecule is COC(=O)CN1C(=O)C2(CCN(C(=O)OC(C)(C)C)CC2)c2cc(F)ccc21. The van der Waals surface area contributed by atoms with Crippen molar-refractivity contribution in [1.82, 2.24) is 4.90 Å². The minimum Gasteiger partial charge on any atom is -0.468 e. The van der Waals surface area contributed by atoms with E-state index in [-0.39, 0.29) is 12.5 Å². The van der Waals surface area contributed by atoms with Crippen LogP contribution in [-0.2, 0) is 24.5 Å². The Balaban J connectivity index is 1.86. The molecule has 1 spiro atoms. The Morgan fingerprint density at radius 2 is 1.86 bits per heavy atom. The summed E-state index contributed by atoms with van der Waals surface area (Å²) < 4.78 is 24.1. The van der Waals surface area contributed by atoms with Gasteiger partial charge in [-0.25, -0.2) is 9.18 Å². The molecule has 1 saturated heterocycles. The van der Waals surface area contributed by atoms with Crippen LogP contribution in [0.15, 0.2) is 18.2 Å². The molecule has 0 aromatic heterocycles. The Bertz CT molecular complexity index is 809. The van der Waals surface area contributed by atoms with Gasteiger partial charge in [-0.3, -0.25) is 9.59 Å². The summed E-state index contributed by atoms with van der Waals surface area (Å²) >= 11 is 0. The number of esters is 1. The van der Waals surface area contributed by atoms with Crippen molar-refractivity contribution in [1.29, 1.82) is 0 Å². The second-order valence-electron chi connectivity index (χ2n) is 8.18. The van der Waals surface area contributed by atoms with Crippen LogP contribution in [0.3, 0.4) is 0 Å². The highest BCUT2D eigenvalue weighted by molar-refractivity contribution is 6.10. The molecule has 0 unspecified atom stereocenters. The number of rotatable bonds is 2. The first-order valence-electron chi connectivity index (χ1n) is 9.24. The molecule has 0 atom stereocenters. The molecule has 1 fully saturated rings. The van der Waals surface area contributed by atoms with Crippen LogP contribution < -0.4 is 4.90 Å². The molecule has 2 aliphatic heterocycles. The highest BCUT2D eigenvalue weighted by Gasteiger charge is 2.53. The number of ether oxygens (including phenoxy) is 2. The summed E-state index contributed by atoms with van der Waals surface area (Å²) in [7, 11) is 1.25. The standard InChI is InChI=1S/C20H25FN2O5/c1-19(2,3)28-18(26)22-9-7-20(8-10-22)14-11-13(21)5-6-15(14)23(17(20)25)12-16(24)27-4/h5-6,11H,7-10,12H2,1-4H3. The third-order valence-electron chi connectivity index (χ3n) is 5.20. The first-order chi connectivity index (χ1) is 13.1. The Labute approximate surface area is 163 Å². The summed E-state index contributed by atoms with van der Waals surface area (Å²) in [6.45, 7) is 5.76. The van der Waals surface area contributed by atoms with E-state index in [9.17, 15) is 18.8 Å². The van der Waals surface area contributed by atoms with E-state index >= 15 is 0 Å². The lowest BCUT2D eigenvalue weighted by Gasteiger charge is -2.38. The molecular weight excluding hydrogens is 367 g/mol. The molecule has 1 aromatic carbocycles. The van der Waals surface area contributed by atoms with Crippen LogP contribution in [-0.4, -0.2) is 55.2 Å². The Kier molecular flexibility index (Phi) is 5.08. The van der Waals surface area contributed by atoms with Crippen LogP contribution in [0.1, 0.15) is 39.2 Å². The van der Waals surface area contributed by atoms with Crippen LogP contribution in [0.25, 0.3) is 0 Å². The molecule has 0 radical (unpaired) electrons. The van der Waals surface area contributed by atoms with Crippen molar-refractivity contribution in [2.24, 2.45) is 0 Å². The number of carbonyl (C=O) groups is 3. The number of anilines is 1. The molecule has 0 saturated carbocycles. The molecule has 2 heterocycles. The van der Waals surface area contributed by atoms with E-state index in [0.717, 1.165) is 0 Å². The fourth-order valence-corrected chi connectivity index (χ4v) is 3.84. The number of fused-ring (bicyclic) bond motifs is 2. The van der Waals surface area contributed by atoms with Crippen molar-refractivity contribution in [2.45, 2.75) is 44.6 Å². The summed E-state index contributed by atoms with van der Waals surface area (Å²) in [5.41, 5.74) is -0.486. The minimum atomic E-state index is -0.954. The van der Waals surface area contributed by atoms with E-state index in [0.29, 0.717) is 37.2 Å². The van der Waals surface area contributed by atoms with Crippen molar-refractivity contribution >= 4 is 23.7 Å². The van der Waals surface area contributed by atoms with Gasteiger partial charge in [0.1, 0.15) is 18.0 Å². The maximum Gasteiger partial charge on any atom is 0.410 e. The van der Waals surface area contributed by atoms with E-state index in [1.54, 1.807) is 25.7 Å². The fourth-order valence-electron chi connectivity index (χ4n) is 3.84. The second-order valence-corrected chi connectivity index (χ2v) is 8.18. The van der Waals surface area contributed by atoms with Crippen molar-refractivity contribution in [3.8, 4) is 0 Å². The first kappa shape index (κ1) is 20.1. The number of piperidine rings is 1. The topological polar surface area (TPSA) is 76.2 Å². The zero-order chi connectivity index (χ0) is 20.7.